The number of hydrogen-bond donors (Lipinski definition) is 0. The van der Waals surface area contributed by atoms with Crippen LogP contribution in [0.2, 0.25) is 5.02 Å². The Labute approximate surface area is 86.6 Å². The van der Waals surface area contributed by atoms with Crippen molar-refractivity contribution in [1.82, 2.24) is 0 Å². The van der Waals surface area contributed by atoms with Crippen LogP contribution in [0.25, 0.3) is 0 Å². The third kappa shape index (κ3) is 4.55. The molecule has 0 bridgehead atoms. The van der Waals surface area contributed by atoms with Crippen molar-refractivity contribution in [3.05, 3.63) is 34.9 Å². The first-order chi connectivity index (χ1) is 5.97. The van der Waals surface area contributed by atoms with Gasteiger partial charge in [-0.15, -0.1) is 0 Å². The fourth-order valence-electron chi connectivity index (χ4n) is 0.756. The molecule has 1 aromatic carbocycles. The van der Waals surface area contributed by atoms with Gasteiger partial charge in [0.2, 0.25) is 0 Å². The third-order valence-electron chi connectivity index (χ3n) is 1.35. The molecule has 1 rings (SSSR count). The zero-order valence-corrected chi connectivity index (χ0v) is 9.42. The fourth-order valence-corrected chi connectivity index (χ4v) is 2.47. The van der Waals surface area contributed by atoms with E-state index >= 15 is 0 Å². The summed E-state index contributed by atoms with van der Waals surface area (Å²) >= 11 is 5.68. The Bertz CT molecular complexity index is 370. The lowest BCUT2D eigenvalue weighted by Crippen LogP contribution is -1.89. The van der Waals surface area contributed by atoms with E-state index in [9.17, 15) is 8.42 Å². The Hall–Kier alpha value is -0.190. The summed E-state index contributed by atoms with van der Waals surface area (Å²) < 4.78 is 21.6. The summed E-state index contributed by atoms with van der Waals surface area (Å²) in [5.74, 6) is 0.468. The van der Waals surface area contributed by atoms with Gasteiger partial charge < -0.3 is 0 Å². The topological polar surface area (TPSA) is 34.1 Å². The maximum absolute atomic E-state index is 10.8. The highest BCUT2D eigenvalue weighted by molar-refractivity contribution is 8.71. The molecule has 0 unspecified atom stereocenters. The monoisotopic (exact) mass is 236 g/mol. The van der Waals surface area contributed by atoms with Crippen LogP contribution in [0.15, 0.2) is 24.3 Å². The van der Waals surface area contributed by atoms with Crippen LogP contribution < -0.4 is 0 Å². The Balaban J connectivity index is 2.61. The predicted octanol–water partition coefficient (Wildman–Crippen LogP) is 2.53. The largest absolute Gasteiger partial charge is 0.218 e. The minimum Gasteiger partial charge on any atom is -0.218 e. The Morgan fingerprint density at radius 2 is 1.85 bits per heavy atom. The van der Waals surface area contributed by atoms with E-state index in [4.69, 9.17) is 11.6 Å². The SMILES string of the molecule is CS(=O)(=O)SCc1ccc(Cl)cc1. The summed E-state index contributed by atoms with van der Waals surface area (Å²) in [5.41, 5.74) is 0.958. The zero-order chi connectivity index (χ0) is 9.90. The van der Waals surface area contributed by atoms with Crippen LogP contribution in [0, 0.1) is 0 Å². The molecule has 72 valence electrons. The second kappa shape index (κ2) is 4.35. The number of halogens is 1. The average Bonchev–Trinajstić information content (AvgIpc) is 2.02. The molecular weight excluding hydrogens is 228 g/mol. The molecule has 0 radical (unpaired) electrons. The van der Waals surface area contributed by atoms with Gasteiger partial charge >= 0.3 is 0 Å². The van der Waals surface area contributed by atoms with Crippen molar-refractivity contribution in [3.63, 3.8) is 0 Å². The predicted molar refractivity (Wildman–Crippen MR) is 57.6 cm³/mol. The molecule has 0 fully saturated rings. The van der Waals surface area contributed by atoms with Gasteiger partial charge in [0.05, 0.1) is 0 Å². The highest BCUT2D eigenvalue weighted by Gasteiger charge is 2.02. The molecule has 0 N–H and O–H groups in total. The van der Waals surface area contributed by atoms with E-state index in [0.717, 1.165) is 16.4 Å². The van der Waals surface area contributed by atoms with Crippen LogP contribution in [0.1, 0.15) is 5.56 Å². The minimum atomic E-state index is -2.95. The molecule has 0 spiro atoms. The molecule has 0 saturated carbocycles. The second-order valence-electron chi connectivity index (χ2n) is 2.59. The summed E-state index contributed by atoms with van der Waals surface area (Å²) in [4.78, 5) is 0. The summed E-state index contributed by atoms with van der Waals surface area (Å²) in [6.45, 7) is 0. The third-order valence-corrected chi connectivity index (χ3v) is 4.12. The van der Waals surface area contributed by atoms with Gasteiger partial charge in [-0.3, -0.25) is 0 Å². The van der Waals surface area contributed by atoms with Crippen molar-refractivity contribution < 1.29 is 8.42 Å². The summed E-state index contributed by atoms with van der Waals surface area (Å²) in [7, 11) is -2.03. The lowest BCUT2D eigenvalue weighted by atomic mass is 10.2. The van der Waals surface area contributed by atoms with Crippen LogP contribution in [0.3, 0.4) is 0 Å². The van der Waals surface area contributed by atoms with Gasteiger partial charge in [0, 0.05) is 17.0 Å². The fraction of sp³-hybridized carbons (Fsp3) is 0.250. The minimum absolute atomic E-state index is 0.468. The van der Waals surface area contributed by atoms with Crippen LogP contribution in [0.5, 0.6) is 0 Å². The maximum atomic E-state index is 10.8. The molecule has 0 aliphatic heterocycles. The molecule has 5 heteroatoms. The van der Waals surface area contributed by atoms with E-state index in [-0.39, 0.29) is 0 Å². The first kappa shape index (κ1) is 10.9. The van der Waals surface area contributed by atoms with Gasteiger partial charge in [-0.1, -0.05) is 23.7 Å². The van der Waals surface area contributed by atoms with Gasteiger partial charge in [-0.05, 0) is 28.5 Å². The van der Waals surface area contributed by atoms with Crippen LogP contribution >= 0.6 is 22.4 Å². The highest BCUT2D eigenvalue weighted by Crippen LogP contribution is 2.18. The molecule has 1 aromatic rings. The molecule has 0 heterocycles. The van der Waals surface area contributed by atoms with Crippen molar-refractivity contribution in [2.24, 2.45) is 0 Å². The molecule has 0 saturated heterocycles. The summed E-state index contributed by atoms with van der Waals surface area (Å²) in [5, 5.41) is 0.660. The number of benzene rings is 1. The second-order valence-corrected chi connectivity index (χ2v) is 7.49. The smallest absolute Gasteiger partial charge is 0.199 e. The molecule has 0 aliphatic rings. The summed E-state index contributed by atoms with van der Waals surface area (Å²) in [6, 6.07) is 7.14. The number of rotatable bonds is 3. The lowest BCUT2D eigenvalue weighted by Gasteiger charge is -1.98. The van der Waals surface area contributed by atoms with Crippen molar-refractivity contribution in [3.8, 4) is 0 Å². The first-order valence-electron chi connectivity index (χ1n) is 3.56. The molecule has 0 aromatic heterocycles. The highest BCUT2D eigenvalue weighted by atomic mass is 35.5. The van der Waals surface area contributed by atoms with Crippen molar-refractivity contribution >= 4 is 31.3 Å². The van der Waals surface area contributed by atoms with E-state index in [2.05, 4.69) is 0 Å². The van der Waals surface area contributed by atoms with Gasteiger partial charge in [0.25, 0.3) is 0 Å². The molecule has 2 nitrogen and oxygen atoms in total. The summed E-state index contributed by atoms with van der Waals surface area (Å²) in [6.07, 6.45) is 1.20. The quantitative estimate of drug-likeness (QED) is 0.757. The van der Waals surface area contributed by atoms with Crippen LogP contribution in [-0.4, -0.2) is 14.7 Å². The van der Waals surface area contributed by atoms with Crippen molar-refractivity contribution in [2.75, 3.05) is 6.26 Å². The maximum Gasteiger partial charge on any atom is 0.199 e. The van der Waals surface area contributed by atoms with E-state index in [1.807, 2.05) is 12.1 Å². The lowest BCUT2D eigenvalue weighted by molar-refractivity contribution is 0.615. The Morgan fingerprint density at radius 1 is 1.31 bits per heavy atom. The molecular formula is C8H9ClO2S2. The first-order valence-corrected chi connectivity index (χ1v) is 7.33. The Kier molecular flexibility index (Phi) is 3.64. The van der Waals surface area contributed by atoms with Crippen LogP contribution in [-0.2, 0) is 14.6 Å². The van der Waals surface area contributed by atoms with E-state index in [1.54, 1.807) is 12.1 Å². The van der Waals surface area contributed by atoms with E-state index in [0.29, 0.717) is 10.8 Å². The van der Waals surface area contributed by atoms with Crippen molar-refractivity contribution in [2.45, 2.75) is 5.75 Å². The molecule has 0 aliphatic carbocycles. The van der Waals surface area contributed by atoms with Crippen molar-refractivity contribution in [1.29, 1.82) is 0 Å². The van der Waals surface area contributed by atoms with Gasteiger partial charge in [0.1, 0.15) is 0 Å². The molecule has 0 amide bonds. The zero-order valence-electron chi connectivity index (χ0n) is 7.03. The molecule has 13 heavy (non-hydrogen) atoms. The number of hydrogen-bond acceptors (Lipinski definition) is 3. The normalized spacial score (nSPS) is 11.5. The van der Waals surface area contributed by atoms with Gasteiger partial charge in [-0.2, -0.15) is 0 Å². The average molecular weight is 237 g/mol. The van der Waals surface area contributed by atoms with Gasteiger partial charge in [-0.25, -0.2) is 8.42 Å². The Morgan fingerprint density at radius 3 is 2.31 bits per heavy atom. The van der Waals surface area contributed by atoms with Gasteiger partial charge in [0.15, 0.2) is 8.87 Å². The van der Waals surface area contributed by atoms with E-state index < -0.39 is 8.87 Å². The van der Waals surface area contributed by atoms with E-state index in [1.165, 1.54) is 6.26 Å². The van der Waals surface area contributed by atoms with Crippen LogP contribution in [0.4, 0.5) is 0 Å². The molecule has 0 atom stereocenters. The standard InChI is InChI=1S/C8H9ClO2S2/c1-13(10,11)12-6-7-2-4-8(9)5-3-7/h2-5H,6H2,1H3.